The highest BCUT2D eigenvalue weighted by Gasteiger charge is 2.13. The molecule has 1 heterocycles. The van der Waals surface area contributed by atoms with Gasteiger partial charge in [-0.1, -0.05) is 17.7 Å². The fraction of sp³-hybridized carbons (Fsp3) is 0.158. The average molecular weight is 356 g/mol. The monoisotopic (exact) mass is 355 g/mol. The van der Waals surface area contributed by atoms with Gasteiger partial charge in [0.1, 0.15) is 5.75 Å². The van der Waals surface area contributed by atoms with Crippen LogP contribution < -0.4 is 10.1 Å². The molecule has 3 rings (SSSR count). The predicted octanol–water partition coefficient (Wildman–Crippen LogP) is 4.48. The van der Waals surface area contributed by atoms with Crippen molar-refractivity contribution in [1.82, 2.24) is 9.55 Å². The SMILES string of the molecule is CCn1cc(-c2ccc(OC)cc2)nc1NC(=O)c1cccc(Cl)c1. The Kier molecular flexibility index (Phi) is 5.05. The molecule has 0 aliphatic rings. The van der Waals surface area contributed by atoms with Crippen LogP contribution in [0.1, 0.15) is 17.3 Å². The fourth-order valence-corrected chi connectivity index (χ4v) is 2.65. The number of nitrogens with one attached hydrogen (secondary N) is 1. The van der Waals surface area contributed by atoms with E-state index in [2.05, 4.69) is 10.3 Å². The first kappa shape index (κ1) is 17.0. The van der Waals surface area contributed by atoms with E-state index in [1.807, 2.05) is 42.0 Å². The first-order valence-corrected chi connectivity index (χ1v) is 8.27. The highest BCUT2D eigenvalue weighted by molar-refractivity contribution is 6.31. The summed E-state index contributed by atoms with van der Waals surface area (Å²) < 4.78 is 7.06. The molecule has 0 radical (unpaired) electrons. The number of ether oxygens (including phenoxy) is 1. The van der Waals surface area contributed by atoms with Gasteiger partial charge in [-0.05, 0) is 49.4 Å². The van der Waals surface area contributed by atoms with Gasteiger partial charge in [-0.25, -0.2) is 4.98 Å². The van der Waals surface area contributed by atoms with Gasteiger partial charge in [0, 0.05) is 28.9 Å². The number of imidazole rings is 1. The van der Waals surface area contributed by atoms with Gasteiger partial charge in [-0.15, -0.1) is 0 Å². The molecule has 0 saturated heterocycles. The van der Waals surface area contributed by atoms with Gasteiger partial charge < -0.3 is 9.30 Å². The van der Waals surface area contributed by atoms with E-state index in [-0.39, 0.29) is 5.91 Å². The van der Waals surface area contributed by atoms with Crippen LogP contribution in [-0.4, -0.2) is 22.6 Å². The van der Waals surface area contributed by atoms with Crippen LogP contribution in [0.2, 0.25) is 5.02 Å². The Morgan fingerprint density at radius 1 is 1.24 bits per heavy atom. The third-order valence-corrected chi connectivity index (χ3v) is 4.05. The van der Waals surface area contributed by atoms with Crippen molar-refractivity contribution in [1.29, 1.82) is 0 Å². The minimum absolute atomic E-state index is 0.246. The minimum Gasteiger partial charge on any atom is -0.497 e. The normalized spacial score (nSPS) is 10.5. The highest BCUT2D eigenvalue weighted by Crippen LogP contribution is 2.24. The summed E-state index contributed by atoms with van der Waals surface area (Å²) in [4.78, 5) is 17.0. The zero-order valence-corrected chi connectivity index (χ0v) is 14.7. The molecule has 3 aromatic rings. The Balaban J connectivity index is 1.86. The second-order valence-electron chi connectivity index (χ2n) is 5.43. The Morgan fingerprint density at radius 2 is 2.00 bits per heavy atom. The number of hydrogen-bond donors (Lipinski definition) is 1. The number of amides is 1. The molecule has 0 aliphatic heterocycles. The number of benzene rings is 2. The number of anilines is 1. The first-order chi connectivity index (χ1) is 12.1. The van der Waals surface area contributed by atoms with E-state index in [9.17, 15) is 4.79 Å². The van der Waals surface area contributed by atoms with Gasteiger partial charge in [0.2, 0.25) is 5.95 Å². The van der Waals surface area contributed by atoms with E-state index in [1.165, 1.54) is 0 Å². The van der Waals surface area contributed by atoms with Gasteiger partial charge in [-0.2, -0.15) is 0 Å². The summed E-state index contributed by atoms with van der Waals surface area (Å²) in [6.45, 7) is 2.68. The third kappa shape index (κ3) is 3.83. The molecule has 0 saturated carbocycles. The van der Waals surface area contributed by atoms with Crippen molar-refractivity contribution in [3.05, 3.63) is 65.3 Å². The molecule has 6 heteroatoms. The Bertz CT molecular complexity index is 888. The smallest absolute Gasteiger partial charge is 0.258 e. The maximum atomic E-state index is 12.4. The van der Waals surface area contributed by atoms with Crippen molar-refractivity contribution in [3.8, 4) is 17.0 Å². The summed E-state index contributed by atoms with van der Waals surface area (Å²) in [5, 5.41) is 3.37. The third-order valence-electron chi connectivity index (χ3n) is 3.82. The van der Waals surface area contributed by atoms with E-state index in [0.717, 1.165) is 17.0 Å². The molecule has 1 amide bonds. The fourth-order valence-electron chi connectivity index (χ4n) is 2.46. The van der Waals surface area contributed by atoms with E-state index in [1.54, 1.807) is 31.4 Å². The first-order valence-electron chi connectivity index (χ1n) is 7.89. The molecule has 128 valence electrons. The number of halogens is 1. The molecule has 0 unspecified atom stereocenters. The number of aromatic nitrogens is 2. The van der Waals surface area contributed by atoms with E-state index >= 15 is 0 Å². The Hall–Kier alpha value is -2.79. The van der Waals surface area contributed by atoms with Crippen LogP contribution in [0.15, 0.2) is 54.7 Å². The van der Waals surface area contributed by atoms with Crippen molar-refractivity contribution >= 4 is 23.5 Å². The van der Waals surface area contributed by atoms with Crippen LogP contribution >= 0.6 is 11.6 Å². The molecular weight excluding hydrogens is 338 g/mol. The summed E-state index contributed by atoms with van der Waals surface area (Å²) >= 11 is 5.95. The molecule has 5 nitrogen and oxygen atoms in total. The van der Waals surface area contributed by atoms with Gasteiger partial charge in [0.05, 0.1) is 12.8 Å². The molecular formula is C19H18ClN3O2. The van der Waals surface area contributed by atoms with Crippen LogP contribution in [0.25, 0.3) is 11.3 Å². The molecule has 25 heavy (non-hydrogen) atoms. The average Bonchev–Trinajstić information content (AvgIpc) is 3.04. The lowest BCUT2D eigenvalue weighted by atomic mass is 10.2. The zero-order valence-electron chi connectivity index (χ0n) is 14.0. The van der Waals surface area contributed by atoms with Gasteiger partial charge in [0.15, 0.2) is 0 Å². The maximum absolute atomic E-state index is 12.4. The van der Waals surface area contributed by atoms with Crippen LogP contribution in [0.5, 0.6) is 5.75 Å². The summed E-state index contributed by atoms with van der Waals surface area (Å²) in [7, 11) is 1.63. The van der Waals surface area contributed by atoms with Crippen LogP contribution in [0, 0.1) is 0 Å². The summed E-state index contributed by atoms with van der Waals surface area (Å²) in [6.07, 6.45) is 1.91. The van der Waals surface area contributed by atoms with Gasteiger partial charge in [-0.3, -0.25) is 10.1 Å². The number of rotatable bonds is 5. The largest absolute Gasteiger partial charge is 0.497 e. The second kappa shape index (κ2) is 7.40. The number of methoxy groups -OCH3 is 1. The molecule has 0 aliphatic carbocycles. The lowest BCUT2D eigenvalue weighted by molar-refractivity contribution is 0.102. The number of carbonyl (C=O) groups excluding carboxylic acids is 1. The summed E-state index contributed by atoms with van der Waals surface area (Å²) in [5.74, 6) is 1.04. The molecule has 0 bridgehead atoms. The van der Waals surface area contributed by atoms with E-state index < -0.39 is 0 Å². The summed E-state index contributed by atoms with van der Waals surface area (Å²) in [6, 6.07) is 14.4. The van der Waals surface area contributed by atoms with Crippen molar-refractivity contribution in [2.24, 2.45) is 0 Å². The lowest BCUT2D eigenvalue weighted by Crippen LogP contribution is -2.15. The quantitative estimate of drug-likeness (QED) is 0.733. The highest BCUT2D eigenvalue weighted by atomic mass is 35.5. The van der Waals surface area contributed by atoms with Gasteiger partial charge >= 0.3 is 0 Å². The topological polar surface area (TPSA) is 56.1 Å². The Labute approximate surface area is 151 Å². The number of nitrogens with zero attached hydrogens (tertiary/aromatic N) is 2. The van der Waals surface area contributed by atoms with Crippen molar-refractivity contribution in [2.45, 2.75) is 13.5 Å². The second-order valence-corrected chi connectivity index (χ2v) is 5.87. The molecule has 2 aromatic carbocycles. The van der Waals surface area contributed by atoms with Crippen LogP contribution in [0.3, 0.4) is 0 Å². The standard InChI is InChI=1S/C19H18ClN3O2/c1-3-23-12-17(13-7-9-16(25-2)10-8-13)21-19(23)22-18(24)14-5-4-6-15(20)11-14/h4-12H,3H2,1-2H3,(H,21,22,24). The van der Waals surface area contributed by atoms with Crippen LogP contribution in [0.4, 0.5) is 5.95 Å². The Morgan fingerprint density at radius 3 is 2.64 bits per heavy atom. The molecule has 1 N–H and O–H groups in total. The maximum Gasteiger partial charge on any atom is 0.258 e. The van der Waals surface area contributed by atoms with Crippen molar-refractivity contribution in [3.63, 3.8) is 0 Å². The number of hydrogen-bond acceptors (Lipinski definition) is 3. The van der Waals surface area contributed by atoms with Crippen LogP contribution in [-0.2, 0) is 6.54 Å². The minimum atomic E-state index is -0.246. The molecule has 0 spiro atoms. The lowest BCUT2D eigenvalue weighted by Gasteiger charge is -2.06. The van der Waals surface area contributed by atoms with Gasteiger partial charge in [0.25, 0.3) is 5.91 Å². The van der Waals surface area contributed by atoms with E-state index in [0.29, 0.717) is 23.1 Å². The predicted molar refractivity (Wildman–Crippen MR) is 99.3 cm³/mol. The van der Waals surface area contributed by atoms with Crippen molar-refractivity contribution in [2.75, 3.05) is 12.4 Å². The molecule has 0 atom stereocenters. The zero-order chi connectivity index (χ0) is 17.8. The van der Waals surface area contributed by atoms with E-state index in [4.69, 9.17) is 16.3 Å². The molecule has 1 aromatic heterocycles. The van der Waals surface area contributed by atoms with Crippen molar-refractivity contribution < 1.29 is 9.53 Å². The number of carbonyl (C=O) groups is 1. The molecule has 0 fully saturated rings. The number of aryl methyl sites for hydroxylation is 1. The summed E-state index contributed by atoms with van der Waals surface area (Å²) in [5.41, 5.74) is 2.22.